The Hall–Kier alpha value is -1.66. The lowest BCUT2D eigenvalue weighted by atomic mass is 9.96. The first-order valence-electron chi connectivity index (χ1n) is 7.39. The van der Waals surface area contributed by atoms with Crippen molar-refractivity contribution in [3.63, 3.8) is 0 Å². The first kappa shape index (κ1) is 14.3. The predicted octanol–water partition coefficient (Wildman–Crippen LogP) is 1.95. The Morgan fingerprint density at radius 2 is 2.33 bits per heavy atom. The summed E-state index contributed by atoms with van der Waals surface area (Å²) in [6.45, 7) is 8.32. The van der Waals surface area contributed by atoms with E-state index in [1.807, 2.05) is 19.2 Å². The first-order valence-corrected chi connectivity index (χ1v) is 7.39. The molecule has 6 nitrogen and oxygen atoms in total. The van der Waals surface area contributed by atoms with E-state index in [-0.39, 0.29) is 0 Å². The number of fused-ring (bicyclic) bond motifs is 1. The largest absolute Gasteiger partial charge is 0.384 e. The molecule has 0 aromatic carbocycles. The highest BCUT2D eigenvalue weighted by Crippen LogP contribution is 2.29. The van der Waals surface area contributed by atoms with Gasteiger partial charge in [0.05, 0.1) is 18.5 Å². The Balaban J connectivity index is 1.80. The van der Waals surface area contributed by atoms with E-state index >= 15 is 0 Å². The fourth-order valence-corrected chi connectivity index (χ4v) is 3.16. The molecular formula is C15H22N4O2. The van der Waals surface area contributed by atoms with Crippen LogP contribution < -0.4 is 0 Å². The van der Waals surface area contributed by atoms with Gasteiger partial charge in [-0.25, -0.2) is 0 Å². The average molecular weight is 290 g/mol. The first-order chi connectivity index (χ1) is 10.2. The average Bonchev–Trinajstić information content (AvgIpc) is 3.05. The van der Waals surface area contributed by atoms with E-state index in [1.54, 1.807) is 7.11 Å². The van der Waals surface area contributed by atoms with Gasteiger partial charge in [0.1, 0.15) is 5.76 Å². The number of hydrogen-bond donors (Lipinski definition) is 0. The molecule has 0 radical (unpaired) electrons. The zero-order chi connectivity index (χ0) is 14.8. The zero-order valence-corrected chi connectivity index (χ0v) is 12.9. The van der Waals surface area contributed by atoms with Crippen molar-refractivity contribution in [1.29, 1.82) is 0 Å². The number of nitrogens with zero attached hydrogens (tertiary/aromatic N) is 4. The Morgan fingerprint density at radius 3 is 3.00 bits per heavy atom. The molecular weight excluding hydrogens is 268 g/mol. The van der Waals surface area contributed by atoms with Gasteiger partial charge in [-0.1, -0.05) is 5.16 Å². The van der Waals surface area contributed by atoms with E-state index in [9.17, 15) is 0 Å². The molecule has 0 bridgehead atoms. The number of hydrogen-bond acceptors (Lipinski definition) is 5. The monoisotopic (exact) mass is 290 g/mol. The van der Waals surface area contributed by atoms with Crippen molar-refractivity contribution >= 4 is 0 Å². The molecule has 1 atom stereocenters. The third-order valence-electron chi connectivity index (χ3n) is 3.95. The van der Waals surface area contributed by atoms with E-state index in [0.717, 1.165) is 37.6 Å². The van der Waals surface area contributed by atoms with Gasteiger partial charge in [0.2, 0.25) is 0 Å². The second kappa shape index (κ2) is 5.99. The second-order valence-corrected chi connectivity index (χ2v) is 5.62. The van der Waals surface area contributed by atoms with Gasteiger partial charge in [0.25, 0.3) is 0 Å². The highest BCUT2D eigenvalue weighted by Gasteiger charge is 2.29. The quantitative estimate of drug-likeness (QED) is 0.842. The van der Waals surface area contributed by atoms with E-state index in [0.29, 0.717) is 12.5 Å². The molecule has 0 fully saturated rings. The van der Waals surface area contributed by atoms with Gasteiger partial charge < -0.3 is 9.26 Å². The van der Waals surface area contributed by atoms with Crippen molar-refractivity contribution in [2.45, 2.75) is 39.4 Å². The summed E-state index contributed by atoms with van der Waals surface area (Å²) in [4.78, 5) is 2.38. The van der Waals surface area contributed by atoms with Crippen LogP contribution in [0.4, 0.5) is 0 Å². The van der Waals surface area contributed by atoms with Gasteiger partial charge in [-0.3, -0.25) is 9.58 Å². The molecule has 0 spiro atoms. The molecule has 0 aliphatic carbocycles. The highest BCUT2D eigenvalue weighted by molar-refractivity contribution is 5.25. The van der Waals surface area contributed by atoms with Crippen LogP contribution in [-0.2, 0) is 24.4 Å². The molecule has 0 saturated heterocycles. The molecule has 1 unspecified atom stereocenters. The summed E-state index contributed by atoms with van der Waals surface area (Å²) in [6.07, 6.45) is 1.99. The Kier molecular flexibility index (Phi) is 4.07. The van der Waals surface area contributed by atoms with Crippen molar-refractivity contribution in [3.05, 3.63) is 35.0 Å². The Bertz CT molecular complexity index is 605. The topological polar surface area (TPSA) is 56.3 Å². The van der Waals surface area contributed by atoms with Gasteiger partial charge in [-0.2, -0.15) is 5.10 Å². The summed E-state index contributed by atoms with van der Waals surface area (Å²) in [7, 11) is 1.76. The van der Waals surface area contributed by atoms with Gasteiger partial charge >= 0.3 is 0 Å². The van der Waals surface area contributed by atoms with Crippen LogP contribution in [0.15, 0.2) is 16.8 Å². The molecule has 3 heterocycles. The SMILES string of the molecule is CCn1ncc2c1C(COC)CN(Cc1cc(C)on1)C2. The second-order valence-electron chi connectivity index (χ2n) is 5.62. The normalized spacial score (nSPS) is 18.9. The molecule has 2 aromatic heterocycles. The van der Waals surface area contributed by atoms with E-state index in [1.165, 1.54) is 11.3 Å². The lowest BCUT2D eigenvalue weighted by Gasteiger charge is -2.32. The molecule has 2 aromatic rings. The minimum Gasteiger partial charge on any atom is -0.384 e. The van der Waals surface area contributed by atoms with E-state index in [4.69, 9.17) is 9.26 Å². The van der Waals surface area contributed by atoms with Crippen molar-refractivity contribution in [3.8, 4) is 0 Å². The molecule has 0 N–H and O–H groups in total. The summed E-state index contributed by atoms with van der Waals surface area (Å²) >= 11 is 0. The van der Waals surface area contributed by atoms with Crippen LogP contribution in [0.3, 0.4) is 0 Å². The van der Waals surface area contributed by atoms with Crippen molar-refractivity contribution in [2.75, 3.05) is 20.3 Å². The van der Waals surface area contributed by atoms with Crippen molar-refractivity contribution < 1.29 is 9.26 Å². The molecule has 0 saturated carbocycles. The fraction of sp³-hybridized carbons (Fsp3) is 0.600. The maximum atomic E-state index is 5.41. The maximum Gasteiger partial charge on any atom is 0.133 e. The van der Waals surface area contributed by atoms with Crippen LogP contribution in [0.25, 0.3) is 0 Å². The van der Waals surface area contributed by atoms with Crippen LogP contribution in [0.5, 0.6) is 0 Å². The van der Waals surface area contributed by atoms with Crippen molar-refractivity contribution in [2.24, 2.45) is 0 Å². The molecule has 1 aliphatic heterocycles. The van der Waals surface area contributed by atoms with Crippen LogP contribution in [0.2, 0.25) is 0 Å². The molecule has 114 valence electrons. The molecule has 6 heteroatoms. The summed E-state index contributed by atoms with van der Waals surface area (Å²) < 4.78 is 12.7. The molecule has 0 amide bonds. The third kappa shape index (κ3) is 2.87. The zero-order valence-electron chi connectivity index (χ0n) is 12.9. The lowest BCUT2D eigenvalue weighted by Crippen LogP contribution is -2.35. The smallest absolute Gasteiger partial charge is 0.133 e. The standard InChI is InChI=1S/C15H22N4O2/c1-4-19-15-12(6-16-19)7-18(8-13(15)10-20-3)9-14-5-11(2)21-17-14/h5-6,13H,4,7-10H2,1-3H3. The van der Waals surface area contributed by atoms with Gasteiger partial charge in [-0.15, -0.1) is 0 Å². The van der Waals surface area contributed by atoms with Gasteiger partial charge in [0.15, 0.2) is 0 Å². The molecule has 3 rings (SSSR count). The number of methoxy groups -OCH3 is 1. The van der Waals surface area contributed by atoms with Crippen LogP contribution in [-0.4, -0.2) is 40.1 Å². The summed E-state index contributed by atoms with van der Waals surface area (Å²) in [5, 5.41) is 8.58. The minimum atomic E-state index is 0.356. The van der Waals surface area contributed by atoms with E-state index < -0.39 is 0 Å². The number of aromatic nitrogens is 3. The van der Waals surface area contributed by atoms with Crippen molar-refractivity contribution in [1.82, 2.24) is 19.8 Å². The predicted molar refractivity (Wildman–Crippen MR) is 77.9 cm³/mol. The Morgan fingerprint density at radius 1 is 1.48 bits per heavy atom. The molecule has 21 heavy (non-hydrogen) atoms. The number of rotatable bonds is 5. The van der Waals surface area contributed by atoms with Gasteiger partial charge in [0, 0.05) is 56.5 Å². The highest BCUT2D eigenvalue weighted by atomic mass is 16.5. The van der Waals surface area contributed by atoms with E-state index in [2.05, 4.69) is 26.8 Å². The van der Waals surface area contributed by atoms with Crippen LogP contribution >= 0.6 is 0 Å². The summed E-state index contributed by atoms with van der Waals surface area (Å²) in [5.74, 6) is 1.21. The van der Waals surface area contributed by atoms with Gasteiger partial charge in [-0.05, 0) is 13.8 Å². The lowest BCUT2D eigenvalue weighted by molar-refractivity contribution is 0.131. The van der Waals surface area contributed by atoms with Crippen LogP contribution in [0, 0.1) is 6.92 Å². The minimum absolute atomic E-state index is 0.356. The fourth-order valence-electron chi connectivity index (χ4n) is 3.16. The number of aryl methyl sites for hydroxylation is 2. The summed E-state index contributed by atoms with van der Waals surface area (Å²) in [5.41, 5.74) is 3.60. The third-order valence-corrected chi connectivity index (χ3v) is 3.95. The summed E-state index contributed by atoms with van der Waals surface area (Å²) in [6, 6.07) is 2.00. The number of ether oxygens (including phenoxy) is 1. The molecule has 1 aliphatic rings. The Labute approximate surface area is 124 Å². The maximum absolute atomic E-state index is 5.41. The van der Waals surface area contributed by atoms with Crippen LogP contribution in [0.1, 0.15) is 35.6 Å².